The Morgan fingerprint density at radius 2 is 2.06 bits per heavy atom. The monoisotopic (exact) mass is 218 g/mol. The molecule has 16 heavy (non-hydrogen) atoms. The average molecular weight is 218 g/mol. The largest absolute Gasteiger partial charge is 0.354 e. The molecule has 1 saturated heterocycles. The van der Waals surface area contributed by atoms with E-state index in [1.165, 1.54) is 18.4 Å². The molecule has 88 valence electrons. The topological polar surface area (TPSA) is 16.1 Å². The van der Waals surface area contributed by atoms with Gasteiger partial charge in [-0.3, -0.25) is 0 Å². The highest BCUT2D eigenvalue weighted by Gasteiger charge is 2.22. The second-order valence-corrected chi connectivity index (χ2v) is 5.84. The van der Waals surface area contributed by atoms with Crippen LogP contribution in [-0.4, -0.2) is 17.6 Å². The molecule has 1 aliphatic rings. The zero-order chi connectivity index (χ0) is 11.8. The predicted octanol–water partition coefficient (Wildman–Crippen LogP) is 3.37. The molecule has 1 aromatic heterocycles. The molecule has 0 aromatic carbocycles. The lowest BCUT2D eigenvalue weighted by atomic mass is 9.88. The minimum atomic E-state index is 0.197. The summed E-state index contributed by atoms with van der Waals surface area (Å²) in [4.78, 5) is 7.01. The summed E-state index contributed by atoms with van der Waals surface area (Å²) in [7, 11) is 0. The lowest BCUT2D eigenvalue weighted by molar-refractivity contribution is 0.587. The van der Waals surface area contributed by atoms with Crippen LogP contribution in [0.25, 0.3) is 0 Å². The summed E-state index contributed by atoms with van der Waals surface area (Å²) in [5.41, 5.74) is 1.51. The van der Waals surface area contributed by atoms with Crippen molar-refractivity contribution in [2.45, 2.75) is 52.0 Å². The van der Waals surface area contributed by atoms with Crippen molar-refractivity contribution < 1.29 is 0 Å². The third kappa shape index (κ3) is 2.21. The summed E-state index contributed by atoms with van der Waals surface area (Å²) < 4.78 is 0. The van der Waals surface area contributed by atoms with Crippen molar-refractivity contribution in [3.8, 4) is 0 Å². The summed E-state index contributed by atoms with van der Waals surface area (Å²) in [6, 6.07) is 5.03. The highest BCUT2D eigenvalue weighted by molar-refractivity contribution is 5.42. The van der Waals surface area contributed by atoms with Gasteiger partial charge >= 0.3 is 0 Å². The molecular weight excluding hydrogens is 196 g/mol. The number of hydrogen-bond donors (Lipinski definition) is 0. The fourth-order valence-corrected chi connectivity index (χ4v) is 2.27. The van der Waals surface area contributed by atoms with Crippen LogP contribution >= 0.6 is 0 Å². The van der Waals surface area contributed by atoms with Crippen molar-refractivity contribution in [1.29, 1.82) is 0 Å². The van der Waals surface area contributed by atoms with Crippen molar-refractivity contribution in [2.24, 2.45) is 0 Å². The molecule has 2 heterocycles. The fraction of sp³-hybridized carbons (Fsp3) is 0.643. The molecule has 0 aliphatic carbocycles. The van der Waals surface area contributed by atoms with E-state index < -0.39 is 0 Å². The second-order valence-electron chi connectivity index (χ2n) is 5.84. The van der Waals surface area contributed by atoms with Gasteiger partial charge in [-0.05, 0) is 36.8 Å². The van der Waals surface area contributed by atoms with Crippen LogP contribution in [0, 0.1) is 0 Å². The molecule has 2 nitrogen and oxygen atoms in total. The lowest BCUT2D eigenvalue weighted by Gasteiger charge is -2.24. The van der Waals surface area contributed by atoms with Crippen LogP contribution < -0.4 is 4.90 Å². The molecule has 2 rings (SSSR count). The number of aromatic nitrogens is 1. The SMILES string of the molecule is CC1CCCN1c1ccc(C(C)(C)C)cn1. The van der Waals surface area contributed by atoms with Gasteiger partial charge in [0.2, 0.25) is 0 Å². The van der Waals surface area contributed by atoms with Gasteiger partial charge in [0.25, 0.3) is 0 Å². The maximum Gasteiger partial charge on any atom is 0.128 e. The molecule has 0 radical (unpaired) electrons. The fourth-order valence-electron chi connectivity index (χ4n) is 2.27. The van der Waals surface area contributed by atoms with Crippen LogP contribution in [0.4, 0.5) is 5.82 Å². The first-order valence-electron chi connectivity index (χ1n) is 6.21. The van der Waals surface area contributed by atoms with Gasteiger partial charge in [0, 0.05) is 18.8 Å². The Hall–Kier alpha value is -1.05. The molecule has 1 aliphatic heterocycles. The van der Waals surface area contributed by atoms with Gasteiger partial charge in [0.1, 0.15) is 5.82 Å². The van der Waals surface area contributed by atoms with Gasteiger partial charge in [0.15, 0.2) is 0 Å². The number of anilines is 1. The maximum absolute atomic E-state index is 4.60. The van der Waals surface area contributed by atoms with E-state index in [-0.39, 0.29) is 5.41 Å². The van der Waals surface area contributed by atoms with E-state index in [0.717, 1.165) is 12.4 Å². The smallest absolute Gasteiger partial charge is 0.128 e. The molecule has 1 fully saturated rings. The van der Waals surface area contributed by atoms with Crippen LogP contribution in [0.15, 0.2) is 18.3 Å². The second kappa shape index (κ2) is 4.08. The van der Waals surface area contributed by atoms with E-state index in [9.17, 15) is 0 Å². The van der Waals surface area contributed by atoms with E-state index in [0.29, 0.717) is 6.04 Å². The summed E-state index contributed by atoms with van der Waals surface area (Å²) in [6.45, 7) is 10.1. The van der Waals surface area contributed by atoms with Crippen molar-refractivity contribution in [3.63, 3.8) is 0 Å². The maximum atomic E-state index is 4.60. The predicted molar refractivity (Wildman–Crippen MR) is 69.0 cm³/mol. The third-order valence-electron chi connectivity index (χ3n) is 3.46. The van der Waals surface area contributed by atoms with Crippen molar-refractivity contribution in [1.82, 2.24) is 4.98 Å². The number of nitrogens with zero attached hydrogens (tertiary/aromatic N) is 2. The molecule has 0 bridgehead atoms. The number of pyridine rings is 1. The van der Waals surface area contributed by atoms with Crippen LogP contribution in [0.3, 0.4) is 0 Å². The van der Waals surface area contributed by atoms with Crippen molar-refractivity contribution in [3.05, 3.63) is 23.9 Å². The first-order chi connectivity index (χ1) is 7.48. The van der Waals surface area contributed by atoms with Gasteiger partial charge < -0.3 is 4.90 Å². The molecule has 1 aromatic rings. The Morgan fingerprint density at radius 1 is 1.31 bits per heavy atom. The molecule has 2 heteroatoms. The van der Waals surface area contributed by atoms with Crippen molar-refractivity contribution in [2.75, 3.05) is 11.4 Å². The number of rotatable bonds is 1. The van der Waals surface area contributed by atoms with Gasteiger partial charge in [-0.15, -0.1) is 0 Å². The van der Waals surface area contributed by atoms with Crippen LogP contribution in [0.2, 0.25) is 0 Å². The van der Waals surface area contributed by atoms with Crippen molar-refractivity contribution >= 4 is 5.82 Å². The summed E-state index contributed by atoms with van der Waals surface area (Å²) in [6.07, 6.45) is 4.62. The van der Waals surface area contributed by atoms with E-state index in [2.05, 4.69) is 49.7 Å². The molecule has 0 N–H and O–H groups in total. The molecular formula is C14H22N2. The average Bonchev–Trinajstić information content (AvgIpc) is 2.63. The summed E-state index contributed by atoms with van der Waals surface area (Å²) in [5, 5.41) is 0. The van der Waals surface area contributed by atoms with E-state index in [1.54, 1.807) is 0 Å². The molecule has 1 unspecified atom stereocenters. The van der Waals surface area contributed by atoms with Gasteiger partial charge in [0.05, 0.1) is 0 Å². The Balaban J connectivity index is 2.19. The van der Waals surface area contributed by atoms with Gasteiger partial charge in [-0.1, -0.05) is 26.8 Å². The first kappa shape index (κ1) is 11.4. The Labute approximate surface area is 98.7 Å². The summed E-state index contributed by atoms with van der Waals surface area (Å²) >= 11 is 0. The lowest BCUT2D eigenvalue weighted by Crippen LogP contribution is -2.27. The number of hydrogen-bond acceptors (Lipinski definition) is 2. The normalized spacial score (nSPS) is 21.5. The van der Waals surface area contributed by atoms with Crippen LogP contribution in [-0.2, 0) is 5.41 Å². The Bertz CT molecular complexity index is 348. The quantitative estimate of drug-likeness (QED) is 0.718. The Morgan fingerprint density at radius 3 is 2.50 bits per heavy atom. The van der Waals surface area contributed by atoms with Crippen LogP contribution in [0.5, 0.6) is 0 Å². The zero-order valence-electron chi connectivity index (χ0n) is 10.8. The van der Waals surface area contributed by atoms with E-state index in [4.69, 9.17) is 0 Å². The van der Waals surface area contributed by atoms with E-state index >= 15 is 0 Å². The molecule has 0 amide bonds. The standard InChI is InChI=1S/C14H22N2/c1-11-6-5-9-16(11)13-8-7-12(10-15-13)14(2,3)4/h7-8,10-11H,5-6,9H2,1-4H3. The molecule has 0 spiro atoms. The molecule has 1 atom stereocenters. The minimum absolute atomic E-state index is 0.197. The Kier molecular flexibility index (Phi) is 2.92. The highest BCUT2D eigenvalue weighted by atomic mass is 15.2. The zero-order valence-corrected chi connectivity index (χ0v) is 10.8. The summed E-state index contributed by atoms with van der Waals surface area (Å²) in [5.74, 6) is 1.14. The van der Waals surface area contributed by atoms with E-state index in [1.807, 2.05) is 6.20 Å². The van der Waals surface area contributed by atoms with Gasteiger partial charge in [-0.2, -0.15) is 0 Å². The van der Waals surface area contributed by atoms with Gasteiger partial charge in [-0.25, -0.2) is 4.98 Å². The first-order valence-corrected chi connectivity index (χ1v) is 6.21. The minimum Gasteiger partial charge on any atom is -0.354 e. The van der Waals surface area contributed by atoms with Crippen LogP contribution in [0.1, 0.15) is 46.1 Å². The highest BCUT2D eigenvalue weighted by Crippen LogP contribution is 2.26. The molecule has 0 saturated carbocycles. The third-order valence-corrected chi connectivity index (χ3v) is 3.46.